The van der Waals surface area contributed by atoms with E-state index in [-0.39, 0.29) is 12.6 Å². The Morgan fingerprint density at radius 1 is 1.38 bits per heavy atom. The first-order chi connectivity index (χ1) is 9.93. The molecule has 0 saturated carbocycles. The van der Waals surface area contributed by atoms with Gasteiger partial charge in [-0.3, -0.25) is 19.8 Å². The Morgan fingerprint density at radius 2 is 2.10 bits per heavy atom. The highest BCUT2D eigenvalue weighted by Gasteiger charge is 2.41. The maximum absolute atomic E-state index is 12.5. The first kappa shape index (κ1) is 15.5. The van der Waals surface area contributed by atoms with Crippen LogP contribution in [0.1, 0.15) is 18.4 Å². The van der Waals surface area contributed by atoms with Crippen molar-refractivity contribution in [3.05, 3.63) is 34.9 Å². The summed E-state index contributed by atoms with van der Waals surface area (Å²) in [6, 6.07) is 5.73. The van der Waals surface area contributed by atoms with Gasteiger partial charge in [-0.25, -0.2) is 4.79 Å². The summed E-state index contributed by atoms with van der Waals surface area (Å²) < 4.78 is 5.06. The number of hydrogen-bond donors (Lipinski definition) is 1. The first-order valence-corrected chi connectivity index (χ1v) is 6.76. The SMILES string of the molecule is COC(C)CN1C(=O)NC(=O)C(c2cccc(Cl)c2)C1=O. The highest BCUT2D eigenvalue weighted by atomic mass is 35.5. The van der Waals surface area contributed by atoms with Crippen LogP contribution in [0.15, 0.2) is 24.3 Å². The minimum atomic E-state index is -1.08. The quantitative estimate of drug-likeness (QED) is 0.856. The van der Waals surface area contributed by atoms with Crippen LogP contribution in [0.25, 0.3) is 0 Å². The molecule has 1 aliphatic rings. The molecule has 0 aliphatic carbocycles. The van der Waals surface area contributed by atoms with Crippen molar-refractivity contribution in [2.45, 2.75) is 18.9 Å². The Morgan fingerprint density at radius 3 is 2.71 bits per heavy atom. The van der Waals surface area contributed by atoms with Gasteiger partial charge in [0.15, 0.2) is 0 Å². The monoisotopic (exact) mass is 310 g/mol. The summed E-state index contributed by atoms with van der Waals surface area (Å²) in [6.07, 6.45) is -0.326. The molecule has 2 rings (SSSR count). The number of hydrogen-bond acceptors (Lipinski definition) is 4. The number of carbonyl (C=O) groups excluding carboxylic acids is 3. The van der Waals surface area contributed by atoms with Crippen molar-refractivity contribution >= 4 is 29.4 Å². The second-order valence-electron chi connectivity index (χ2n) is 4.78. The molecule has 1 N–H and O–H groups in total. The largest absolute Gasteiger partial charge is 0.380 e. The highest BCUT2D eigenvalue weighted by Crippen LogP contribution is 2.25. The molecule has 4 amide bonds. The van der Waals surface area contributed by atoms with Gasteiger partial charge < -0.3 is 4.74 Å². The third-order valence-electron chi connectivity index (χ3n) is 3.27. The summed E-state index contributed by atoms with van der Waals surface area (Å²) in [5, 5.41) is 2.60. The van der Waals surface area contributed by atoms with E-state index in [1.165, 1.54) is 13.2 Å². The third-order valence-corrected chi connectivity index (χ3v) is 3.51. The number of rotatable bonds is 4. The minimum Gasteiger partial charge on any atom is -0.380 e. The lowest BCUT2D eigenvalue weighted by Gasteiger charge is -2.31. The van der Waals surface area contributed by atoms with E-state index < -0.39 is 23.8 Å². The molecular formula is C14H15ClN2O4. The van der Waals surface area contributed by atoms with Crippen LogP contribution in [0, 0.1) is 0 Å². The van der Waals surface area contributed by atoms with Gasteiger partial charge in [0, 0.05) is 12.1 Å². The minimum absolute atomic E-state index is 0.0749. The van der Waals surface area contributed by atoms with E-state index in [1.807, 2.05) is 0 Å². The number of barbiturate groups is 1. The van der Waals surface area contributed by atoms with Crippen molar-refractivity contribution in [3.63, 3.8) is 0 Å². The Balaban J connectivity index is 2.31. The van der Waals surface area contributed by atoms with Gasteiger partial charge in [-0.05, 0) is 24.6 Å². The molecule has 1 fully saturated rings. The van der Waals surface area contributed by atoms with Crippen LogP contribution in [0.2, 0.25) is 5.02 Å². The average molecular weight is 311 g/mol. The number of methoxy groups -OCH3 is 1. The van der Waals surface area contributed by atoms with Crippen LogP contribution in [0.4, 0.5) is 4.79 Å². The van der Waals surface area contributed by atoms with Crippen molar-refractivity contribution in [2.75, 3.05) is 13.7 Å². The predicted molar refractivity (Wildman–Crippen MR) is 75.9 cm³/mol. The number of benzene rings is 1. The molecule has 0 radical (unpaired) electrons. The van der Waals surface area contributed by atoms with Gasteiger partial charge in [0.2, 0.25) is 11.8 Å². The van der Waals surface area contributed by atoms with E-state index >= 15 is 0 Å². The van der Waals surface area contributed by atoms with Gasteiger partial charge in [-0.2, -0.15) is 0 Å². The van der Waals surface area contributed by atoms with Crippen molar-refractivity contribution in [1.82, 2.24) is 10.2 Å². The summed E-state index contributed by atoms with van der Waals surface area (Å²) in [6.45, 7) is 1.80. The van der Waals surface area contributed by atoms with E-state index in [2.05, 4.69) is 5.32 Å². The van der Waals surface area contributed by atoms with Crippen molar-refractivity contribution < 1.29 is 19.1 Å². The molecule has 6 nitrogen and oxygen atoms in total. The molecule has 7 heteroatoms. The zero-order valence-corrected chi connectivity index (χ0v) is 12.4. The fourth-order valence-electron chi connectivity index (χ4n) is 2.10. The van der Waals surface area contributed by atoms with Crippen LogP contribution >= 0.6 is 11.6 Å². The summed E-state index contributed by atoms with van der Waals surface area (Å²) in [5.74, 6) is -2.30. The number of carbonyl (C=O) groups is 3. The number of ether oxygens (including phenoxy) is 1. The van der Waals surface area contributed by atoms with E-state index in [9.17, 15) is 14.4 Å². The average Bonchev–Trinajstić information content (AvgIpc) is 2.43. The number of nitrogens with one attached hydrogen (secondary N) is 1. The van der Waals surface area contributed by atoms with E-state index in [0.29, 0.717) is 10.6 Å². The number of nitrogens with zero attached hydrogens (tertiary/aromatic N) is 1. The van der Waals surface area contributed by atoms with Crippen LogP contribution in [-0.2, 0) is 14.3 Å². The van der Waals surface area contributed by atoms with Crippen LogP contribution < -0.4 is 5.32 Å². The van der Waals surface area contributed by atoms with Gasteiger partial charge in [0.25, 0.3) is 0 Å². The van der Waals surface area contributed by atoms with Crippen LogP contribution in [0.3, 0.4) is 0 Å². The zero-order valence-electron chi connectivity index (χ0n) is 11.6. The molecule has 2 atom stereocenters. The molecule has 21 heavy (non-hydrogen) atoms. The Hall–Kier alpha value is -1.92. The second kappa shape index (κ2) is 6.24. The van der Waals surface area contributed by atoms with Gasteiger partial charge in [-0.15, -0.1) is 0 Å². The summed E-state index contributed by atoms with van der Waals surface area (Å²) in [4.78, 5) is 37.2. The molecule has 1 saturated heterocycles. The maximum atomic E-state index is 12.5. The lowest BCUT2D eigenvalue weighted by molar-refractivity contribution is -0.139. The number of urea groups is 1. The second-order valence-corrected chi connectivity index (χ2v) is 5.21. The maximum Gasteiger partial charge on any atom is 0.330 e. The Kier molecular flexibility index (Phi) is 4.59. The first-order valence-electron chi connectivity index (χ1n) is 6.38. The molecule has 112 valence electrons. The lowest BCUT2D eigenvalue weighted by atomic mass is 9.95. The summed E-state index contributed by atoms with van der Waals surface area (Å²) in [7, 11) is 1.48. The van der Waals surface area contributed by atoms with Crippen LogP contribution in [0.5, 0.6) is 0 Å². The Labute approximate surface area is 127 Å². The Bertz CT molecular complexity index is 590. The molecule has 2 unspecified atom stereocenters. The molecular weight excluding hydrogens is 296 g/mol. The molecule has 1 heterocycles. The fraction of sp³-hybridized carbons (Fsp3) is 0.357. The molecule has 0 spiro atoms. The van der Waals surface area contributed by atoms with Crippen molar-refractivity contribution in [3.8, 4) is 0 Å². The van der Waals surface area contributed by atoms with E-state index in [4.69, 9.17) is 16.3 Å². The predicted octanol–water partition coefficient (Wildman–Crippen LogP) is 1.54. The zero-order chi connectivity index (χ0) is 15.6. The van der Waals surface area contributed by atoms with E-state index in [1.54, 1.807) is 25.1 Å². The molecule has 0 aromatic heterocycles. The topological polar surface area (TPSA) is 75.7 Å². The smallest absolute Gasteiger partial charge is 0.330 e. The summed E-state index contributed by atoms with van der Waals surface area (Å²) in [5.41, 5.74) is 0.451. The highest BCUT2D eigenvalue weighted by molar-refractivity contribution is 6.30. The summed E-state index contributed by atoms with van der Waals surface area (Å²) >= 11 is 5.89. The van der Waals surface area contributed by atoms with Gasteiger partial charge in [0.05, 0.1) is 12.6 Å². The molecule has 1 aliphatic heterocycles. The normalized spacial score (nSPS) is 20.4. The molecule has 1 aromatic carbocycles. The van der Waals surface area contributed by atoms with Crippen molar-refractivity contribution in [1.29, 1.82) is 0 Å². The van der Waals surface area contributed by atoms with Crippen LogP contribution in [-0.4, -0.2) is 42.5 Å². The number of amides is 4. The van der Waals surface area contributed by atoms with Gasteiger partial charge >= 0.3 is 6.03 Å². The van der Waals surface area contributed by atoms with Gasteiger partial charge in [-0.1, -0.05) is 23.7 Å². The molecule has 0 bridgehead atoms. The number of imide groups is 2. The lowest BCUT2D eigenvalue weighted by Crippen LogP contribution is -2.58. The third kappa shape index (κ3) is 3.22. The molecule has 1 aromatic rings. The standard InChI is InChI=1S/C14H15ClN2O4/c1-8(21-2)7-17-13(19)11(12(18)16-14(17)20)9-4-3-5-10(15)6-9/h3-6,8,11H,7H2,1-2H3,(H,16,18,20). The number of halogens is 1. The fourth-order valence-corrected chi connectivity index (χ4v) is 2.30. The van der Waals surface area contributed by atoms with Gasteiger partial charge in [0.1, 0.15) is 5.92 Å². The van der Waals surface area contributed by atoms with Crippen molar-refractivity contribution in [2.24, 2.45) is 0 Å². The van der Waals surface area contributed by atoms with E-state index in [0.717, 1.165) is 4.90 Å².